The van der Waals surface area contributed by atoms with Crippen molar-refractivity contribution in [3.8, 4) is 0 Å². The molecule has 0 nitrogen and oxygen atoms in total. The van der Waals surface area contributed by atoms with E-state index in [2.05, 4.69) is 20.8 Å². The summed E-state index contributed by atoms with van der Waals surface area (Å²) in [7, 11) is 0. The van der Waals surface area contributed by atoms with Crippen molar-refractivity contribution >= 4 is 23.1 Å². The quantitative estimate of drug-likeness (QED) is 0.347. The molecule has 0 heterocycles. The molecule has 54 valence electrons. The average Bonchev–Trinajstić information content (AvgIpc) is 1.65. The second-order valence-electron chi connectivity index (χ2n) is 1.92. The molecule has 0 saturated heterocycles. The van der Waals surface area contributed by atoms with Gasteiger partial charge in [0, 0.05) is 0 Å². The summed E-state index contributed by atoms with van der Waals surface area (Å²) in [6.45, 7) is 6.74. The van der Waals surface area contributed by atoms with Gasteiger partial charge in [0.15, 0.2) is 0 Å². The summed E-state index contributed by atoms with van der Waals surface area (Å²) in [5.74, 6) is 0.935. The van der Waals surface area contributed by atoms with Crippen LogP contribution in [-0.4, -0.2) is 23.1 Å². The summed E-state index contributed by atoms with van der Waals surface area (Å²) in [5.41, 5.74) is 0. The van der Waals surface area contributed by atoms with Gasteiger partial charge in [0.05, 0.1) is 0 Å². The van der Waals surface area contributed by atoms with Crippen LogP contribution in [0.3, 0.4) is 0 Å². The van der Waals surface area contributed by atoms with Gasteiger partial charge in [0.1, 0.15) is 0 Å². The van der Waals surface area contributed by atoms with Crippen molar-refractivity contribution in [2.75, 3.05) is 0 Å². The molecular weight excluding hydrogens is 350 g/mol. The minimum Gasteiger partial charge on any atom is -1.00 e. The molecule has 0 aliphatic heterocycles. The molecule has 0 atom stereocenters. The first-order valence-electron chi connectivity index (χ1n) is 2.81. The van der Waals surface area contributed by atoms with Crippen LogP contribution in [0.2, 0.25) is 0 Å². The molecule has 0 amide bonds. The molecule has 0 unspecified atom stereocenters. The van der Waals surface area contributed by atoms with Gasteiger partial charge in [-0.05, 0) is 5.92 Å². The van der Waals surface area contributed by atoms with Gasteiger partial charge in [-0.2, -0.15) is 0 Å². The van der Waals surface area contributed by atoms with Gasteiger partial charge in [0.25, 0.3) is 0 Å². The Hall–Kier alpha value is 2.23. The number of hydrogen-bond acceptors (Lipinski definition) is 0. The summed E-state index contributed by atoms with van der Waals surface area (Å²) >= 11 is 0. The Balaban J connectivity index is -0.0000000417. The minimum absolute atomic E-state index is 0. The second kappa shape index (κ2) is 16.7. The van der Waals surface area contributed by atoms with Crippen LogP contribution in [-0.2, 0) is 0 Å². The van der Waals surface area contributed by atoms with Crippen molar-refractivity contribution < 1.29 is 48.0 Å². The van der Waals surface area contributed by atoms with Crippen molar-refractivity contribution in [2.45, 2.75) is 33.6 Å². The molecule has 9 heavy (non-hydrogen) atoms. The normalized spacial score (nSPS) is 6.67. The molecule has 0 aromatic rings. The molecule has 0 saturated carbocycles. The SMILES string of the molecule is CCC(C)CC.[I-].[I-].[Mg+2]. The smallest absolute Gasteiger partial charge is 1.00 e. The fourth-order valence-electron chi connectivity index (χ4n) is 0.289. The summed E-state index contributed by atoms with van der Waals surface area (Å²) < 4.78 is 0. The van der Waals surface area contributed by atoms with Crippen molar-refractivity contribution in [1.29, 1.82) is 0 Å². The maximum absolute atomic E-state index is 2.28. The van der Waals surface area contributed by atoms with E-state index in [9.17, 15) is 0 Å². The van der Waals surface area contributed by atoms with Gasteiger partial charge < -0.3 is 48.0 Å². The van der Waals surface area contributed by atoms with E-state index in [1.54, 1.807) is 0 Å². The van der Waals surface area contributed by atoms with E-state index in [1.807, 2.05) is 0 Å². The van der Waals surface area contributed by atoms with E-state index in [0.29, 0.717) is 0 Å². The van der Waals surface area contributed by atoms with E-state index in [1.165, 1.54) is 12.8 Å². The first kappa shape index (κ1) is 22.5. The first-order valence-corrected chi connectivity index (χ1v) is 2.81. The largest absolute Gasteiger partial charge is 2.00 e. The molecule has 0 rings (SSSR count). The first-order chi connectivity index (χ1) is 2.81. The van der Waals surface area contributed by atoms with Crippen LogP contribution in [0, 0.1) is 5.92 Å². The molecule has 0 radical (unpaired) electrons. The Kier molecular flexibility index (Phi) is 41.6. The van der Waals surface area contributed by atoms with E-state index in [0.717, 1.165) is 5.92 Å². The van der Waals surface area contributed by atoms with Crippen molar-refractivity contribution in [1.82, 2.24) is 0 Å². The van der Waals surface area contributed by atoms with Crippen LogP contribution in [0.5, 0.6) is 0 Å². The predicted molar refractivity (Wildman–Crippen MR) is 35.5 cm³/mol. The van der Waals surface area contributed by atoms with Gasteiger partial charge >= 0.3 is 23.1 Å². The summed E-state index contributed by atoms with van der Waals surface area (Å²) in [6.07, 6.45) is 2.66. The van der Waals surface area contributed by atoms with Crippen molar-refractivity contribution in [3.05, 3.63) is 0 Å². The molecule has 0 N–H and O–H groups in total. The molecule has 0 spiro atoms. The summed E-state index contributed by atoms with van der Waals surface area (Å²) in [5, 5.41) is 0. The fourth-order valence-corrected chi connectivity index (χ4v) is 0.289. The van der Waals surface area contributed by atoms with E-state index in [-0.39, 0.29) is 71.0 Å². The zero-order valence-corrected chi connectivity index (χ0v) is 12.2. The monoisotopic (exact) mass is 364 g/mol. The molecular formula is C6H14I2Mg. The van der Waals surface area contributed by atoms with Gasteiger partial charge in [0.2, 0.25) is 0 Å². The van der Waals surface area contributed by atoms with Crippen LogP contribution in [0.15, 0.2) is 0 Å². The molecule has 0 fully saturated rings. The summed E-state index contributed by atoms with van der Waals surface area (Å²) in [6, 6.07) is 0. The van der Waals surface area contributed by atoms with Gasteiger partial charge in [-0.3, -0.25) is 0 Å². The van der Waals surface area contributed by atoms with Gasteiger partial charge in [-0.15, -0.1) is 0 Å². The molecule has 0 aliphatic carbocycles. The molecule has 0 aliphatic rings. The van der Waals surface area contributed by atoms with Crippen LogP contribution < -0.4 is 48.0 Å². The van der Waals surface area contributed by atoms with Crippen LogP contribution in [0.25, 0.3) is 0 Å². The third-order valence-corrected chi connectivity index (χ3v) is 1.39. The third-order valence-electron chi connectivity index (χ3n) is 1.39. The number of halogens is 2. The van der Waals surface area contributed by atoms with E-state index in [4.69, 9.17) is 0 Å². The summed E-state index contributed by atoms with van der Waals surface area (Å²) in [4.78, 5) is 0. The fraction of sp³-hybridized carbons (Fsp3) is 1.00. The second-order valence-corrected chi connectivity index (χ2v) is 1.92. The molecule has 0 aromatic heterocycles. The van der Waals surface area contributed by atoms with E-state index >= 15 is 0 Å². The van der Waals surface area contributed by atoms with Gasteiger partial charge in [-0.25, -0.2) is 0 Å². The van der Waals surface area contributed by atoms with E-state index < -0.39 is 0 Å². The maximum atomic E-state index is 2.28. The Bertz CT molecular complexity index is 30.2. The topological polar surface area (TPSA) is 0 Å². The third kappa shape index (κ3) is 17.9. The van der Waals surface area contributed by atoms with Crippen molar-refractivity contribution in [3.63, 3.8) is 0 Å². The molecule has 0 bridgehead atoms. The zero-order valence-electron chi connectivity index (χ0n) is 6.45. The van der Waals surface area contributed by atoms with Crippen LogP contribution >= 0.6 is 0 Å². The van der Waals surface area contributed by atoms with Crippen molar-refractivity contribution in [2.24, 2.45) is 5.92 Å². The minimum atomic E-state index is 0. The molecule has 3 heteroatoms. The Morgan fingerprint density at radius 1 is 1.00 bits per heavy atom. The number of rotatable bonds is 2. The van der Waals surface area contributed by atoms with Gasteiger partial charge in [-0.1, -0.05) is 33.6 Å². The van der Waals surface area contributed by atoms with Crippen LogP contribution in [0.1, 0.15) is 33.6 Å². The maximum Gasteiger partial charge on any atom is 2.00 e. The average molecular weight is 364 g/mol. The predicted octanol–water partition coefficient (Wildman–Crippen LogP) is -3.93. The Morgan fingerprint density at radius 3 is 1.22 bits per heavy atom. The standard InChI is InChI=1S/C6H14.2HI.Mg/c1-4-6(3)5-2;;;/h6H,4-5H2,1-3H3;2*1H;/q;;;+2/p-2. The zero-order chi connectivity index (χ0) is 4.99. The molecule has 0 aromatic carbocycles. The number of hydrogen-bond donors (Lipinski definition) is 0. The van der Waals surface area contributed by atoms with Crippen LogP contribution in [0.4, 0.5) is 0 Å². The Morgan fingerprint density at radius 2 is 1.22 bits per heavy atom. The Labute approximate surface area is 109 Å².